The van der Waals surface area contributed by atoms with E-state index in [1.165, 1.54) is 16.7 Å². The highest BCUT2D eigenvalue weighted by atomic mass is 35.5. The molecule has 3 aromatic rings. The summed E-state index contributed by atoms with van der Waals surface area (Å²) in [6.45, 7) is 2.13. The lowest BCUT2D eigenvalue weighted by atomic mass is 10.00. The Morgan fingerprint density at radius 2 is 1.48 bits per heavy atom. The minimum Gasteiger partial charge on any atom is -0.356 e. The normalized spacial score (nSPS) is 10.4. The van der Waals surface area contributed by atoms with E-state index in [0.717, 1.165) is 16.4 Å². The Morgan fingerprint density at radius 3 is 2.14 bits per heavy atom. The molecule has 2 heteroatoms. The van der Waals surface area contributed by atoms with Crippen LogP contribution in [-0.4, -0.2) is 0 Å². The molecule has 104 valence electrons. The molecule has 3 rings (SSSR count). The summed E-state index contributed by atoms with van der Waals surface area (Å²) in [5, 5.41) is 4.17. The van der Waals surface area contributed by atoms with Crippen LogP contribution in [0.25, 0.3) is 11.1 Å². The Bertz CT molecular complexity index is 733. The highest BCUT2D eigenvalue weighted by Crippen LogP contribution is 2.28. The van der Waals surface area contributed by atoms with Crippen molar-refractivity contribution in [3.63, 3.8) is 0 Å². The summed E-state index contributed by atoms with van der Waals surface area (Å²) in [6, 6.07) is 24.5. The SMILES string of the molecule is Cc1cc(Nc2ccccc2)ccc1-c1ccc(Cl)cc1. The number of anilines is 2. The molecule has 0 bridgehead atoms. The molecule has 0 spiro atoms. The van der Waals surface area contributed by atoms with Crippen molar-refractivity contribution >= 4 is 23.0 Å². The molecular formula is C19H16ClN. The first kappa shape index (κ1) is 13.7. The first-order valence-corrected chi connectivity index (χ1v) is 7.29. The van der Waals surface area contributed by atoms with E-state index in [2.05, 4.69) is 54.7 Å². The van der Waals surface area contributed by atoms with Gasteiger partial charge in [-0.2, -0.15) is 0 Å². The topological polar surface area (TPSA) is 12.0 Å². The van der Waals surface area contributed by atoms with Crippen molar-refractivity contribution in [2.75, 3.05) is 5.32 Å². The molecule has 0 unspecified atom stereocenters. The maximum absolute atomic E-state index is 5.94. The van der Waals surface area contributed by atoms with Crippen LogP contribution in [-0.2, 0) is 0 Å². The second-order valence-corrected chi connectivity index (χ2v) is 5.46. The van der Waals surface area contributed by atoms with Crippen molar-refractivity contribution in [2.45, 2.75) is 6.92 Å². The van der Waals surface area contributed by atoms with Crippen LogP contribution in [0.1, 0.15) is 5.56 Å². The Hall–Kier alpha value is -2.25. The van der Waals surface area contributed by atoms with Gasteiger partial charge in [0, 0.05) is 16.4 Å². The molecule has 0 radical (unpaired) electrons. The number of aryl methyl sites for hydroxylation is 1. The van der Waals surface area contributed by atoms with Gasteiger partial charge in [0.05, 0.1) is 0 Å². The number of nitrogens with one attached hydrogen (secondary N) is 1. The number of benzene rings is 3. The van der Waals surface area contributed by atoms with Gasteiger partial charge in [-0.25, -0.2) is 0 Å². The first-order valence-electron chi connectivity index (χ1n) is 6.91. The van der Waals surface area contributed by atoms with Crippen molar-refractivity contribution in [3.05, 3.63) is 83.4 Å². The molecule has 1 nitrogen and oxygen atoms in total. The molecule has 0 aromatic heterocycles. The van der Waals surface area contributed by atoms with Crippen LogP contribution in [0.2, 0.25) is 5.02 Å². The monoisotopic (exact) mass is 293 g/mol. The highest BCUT2D eigenvalue weighted by molar-refractivity contribution is 6.30. The highest BCUT2D eigenvalue weighted by Gasteiger charge is 2.03. The van der Waals surface area contributed by atoms with Gasteiger partial charge in [0.2, 0.25) is 0 Å². The van der Waals surface area contributed by atoms with E-state index in [1.54, 1.807) is 0 Å². The minimum absolute atomic E-state index is 0.763. The number of halogens is 1. The molecule has 0 atom stereocenters. The van der Waals surface area contributed by atoms with Crippen LogP contribution in [0, 0.1) is 6.92 Å². The van der Waals surface area contributed by atoms with E-state index in [0.29, 0.717) is 0 Å². The zero-order valence-corrected chi connectivity index (χ0v) is 12.6. The van der Waals surface area contributed by atoms with Gasteiger partial charge < -0.3 is 5.32 Å². The summed E-state index contributed by atoms with van der Waals surface area (Å²) in [5.41, 5.74) is 5.83. The van der Waals surface area contributed by atoms with Crippen LogP contribution < -0.4 is 5.32 Å². The smallest absolute Gasteiger partial charge is 0.0406 e. The number of rotatable bonds is 3. The van der Waals surface area contributed by atoms with Gasteiger partial charge in [-0.3, -0.25) is 0 Å². The molecule has 0 heterocycles. The summed E-state index contributed by atoms with van der Waals surface area (Å²) in [5.74, 6) is 0. The lowest BCUT2D eigenvalue weighted by molar-refractivity contribution is 1.44. The first-order chi connectivity index (χ1) is 10.2. The molecule has 0 amide bonds. The van der Waals surface area contributed by atoms with E-state index in [4.69, 9.17) is 11.6 Å². The maximum Gasteiger partial charge on any atom is 0.0406 e. The molecule has 0 aliphatic rings. The maximum atomic E-state index is 5.94. The Morgan fingerprint density at radius 1 is 0.762 bits per heavy atom. The van der Waals surface area contributed by atoms with Crippen molar-refractivity contribution in [3.8, 4) is 11.1 Å². The fourth-order valence-corrected chi connectivity index (χ4v) is 2.51. The zero-order valence-electron chi connectivity index (χ0n) is 11.8. The van der Waals surface area contributed by atoms with E-state index >= 15 is 0 Å². The average Bonchev–Trinajstić information content (AvgIpc) is 2.50. The molecular weight excluding hydrogens is 278 g/mol. The lowest BCUT2D eigenvalue weighted by Gasteiger charge is -2.11. The molecule has 0 aliphatic carbocycles. The third-order valence-electron chi connectivity index (χ3n) is 3.44. The van der Waals surface area contributed by atoms with Gasteiger partial charge in [0.25, 0.3) is 0 Å². The molecule has 21 heavy (non-hydrogen) atoms. The fraction of sp³-hybridized carbons (Fsp3) is 0.0526. The Balaban J connectivity index is 1.88. The molecule has 0 aliphatic heterocycles. The van der Waals surface area contributed by atoms with Crippen molar-refractivity contribution < 1.29 is 0 Å². The van der Waals surface area contributed by atoms with Gasteiger partial charge >= 0.3 is 0 Å². The summed E-state index contributed by atoms with van der Waals surface area (Å²) in [7, 11) is 0. The van der Waals surface area contributed by atoms with Crippen LogP contribution in [0.15, 0.2) is 72.8 Å². The molecule has 0 fully saturated rings. The van der Waals surface area contributed by atoms with Gasteiger partial charge in [-0.1, -0.05) is 48.0 Å². The zero-order chi connectivity index (χ0) is 14.7. The second-order valence-electron chi connectivity index (χ2n) is 5.03. The van der Waals surface area contributed by atoms with Crippen molar-refractivity contribution in [2.24, 2.45) is 0 Å². The van der Waals surface area contributed by atoms with Crippen LogP contribution in [0.4, 0.5) is 11.4 Å². The molecule has 0 saturated carbocycles. The van der Waals surface area contributed by atoms with Gasteiger partial charge in [0.15, 0.2) is 0 Å². The predicted molar refractivity (Wildman–Crippen MR) is 91.3 cm³/mol. The van der Waals surface area contributed by atoms with Crippen molar-refractivity contribution in [1.29, 1.82) is 0 Å². The van der Waals surface area contributed by atoms with Crippen LogP contribution >= 0.6 is 11.6 Å². The van der Waals surface area contributed by atoms with Crippen LogP contribution in [0.5, 0.6) is 0 Å². The number of hydrogen-bond acceptors (Lipinski definition) is 1. The van der Waals surface area contributed by atoms with E-state index in [-0.39, 0.29) is 0 Å². The van der Waals surface area contributed by atoms with Gasteiger partial charge in [-0.15, -0.1) is 0 Å². The number of para-hydroxylation sites is 1. The molecule has 1 N–H and O–H groups in total. The van der Waals surface area contributed by atoms with Gasteiger partial charge in [-0.05, 0) is 60.0 Å². The second kappa shape index (κ2) is 6.02. The molecule has 0 saturated heterocycles. The standard InChI is InChI=1S/C19H16ClN/c1-14-13-18(21-17-5-3-2-4-6-17)11-12-19(14)15-7-9-16(20)10-8-15/h2-13,21H,1H3. The van der Waals surface area contributed by atoms with E-state index < -0.39 is 0 Å². The predicted octanol–water partition coefficient (Wildman–Crippen LogP) is 6.06. The fourth-order valence-electron chi connectivity index (χ4n) is 2.38. The summed E-state index contributed by atoms with van der Waals surface area (Å²) in [6.07, 6.45) is 0. The van der Waals surface area contributed by atoms with E-state index in [9.17, 15) is 0 Å². The van der Waals surface area contributed by atoms with E-state index in [1.807, 2.05) is 30.3 Å². The third-order valence-corrected chi connectivity index (χ3v) is 3.70. The number of hydrogen-bond donors (Lipinski definition) is 1. The Kier molecular flexibility index (Phi) is 3.94. The summed E-state index contributed by atoms with van der Waals surface area (Å²) in [4.78, 5) is 0. The summed E-state index contributed by atoms with van der Waals surface area (Å²) >= 11 is 5.94. The average molecular weight is 294 g/mol. The lowest BCUT2D eigenvalue weighted by Crippen LogP contribution is -1.91. The van der Waals surface area contributed by atoms with Crippen LogP contribution in [0.3, 0.4) is 0 Å². The van der Waals surface area contributed by atoms with Crippen molar-refractivity contribution in [1.82, 2.24) is 0 Å². The minimum atomic E-state index is 0.763. The van der Waals surface area contributed by atoms with Gasteiger partial charge in [0.1, 0.15) is 0 Å². The quantitative estimate of drug-likeness (QED) is 0.619. The molecule has 3 aromatic carbocycles. The summed E-state index contributed by atoms with van der Waals surface area (Å²) < 4.78 is 0. The largest absolute Gasteiger partial charge is 0.356 e. The Labute approximate surface area is 130 Å². The third kappa shape index (κ3) is 3.26.